The zero-order chi connectivity index (χ0) is 15.0. The standard InChI is InChI=1S/C15H14ClNO4/c1-20-14-10(12-7-11(15(18)19)17-21-12)6-8-4-2-3-5-9(8)13(14)16/h6-7H,2-5H2,1H3,(H,18,19). The van der Waals surface area contributed by atoms with Crippen LogP contribution in [0.1, 0.15) is 34.5 Å². The summed E-state index contributed by atoms with van der Waals surface area (Å²) < 4.78 is 10.5. The van der Waals surface area contributed by atoms with E-state index in [1.165, 1.54) is 13.2 Å². The van der Waals surface area contributed by atoms with Crippen LogP contribution in [0.2, 0.25) is 5.02 Å². The maximum Gasteiger partial charge on any atom is 0.358 e. The molecule has 1 aromatic carbocycles. The Labute approximate surface area is 126 Å². The molecule has 1 aliphatic carbocycles. The second-order valence-electron chi connectivity index (χ2n) is 5.00. The number of fused-ring (bicyclic) bond motifs is 1. The first-order chi connectivity index (χ1) is 10.1. The van der Waals surface area contributed by atoms with Crippen molar-refractivity contribution in [2.24, 2.45) is 0 Å². The Morgan fingerprint density at radius 3 is 2.81 bits per heavy atom. The van der Waals surface area contributed by atoms with E-state index in [0.29, 0.717) is 22.1 Å². The topological polar surface area (TPSA) is 72.6 Å². The van der Waals surface area contributed by atoms with Crippen molar-refractivity contribution in [1.82, 2.24) is 5.16 Å². The molecular formula is C15H14ClNO4. The summed E-state index contributed by atoms with van der Waals surface area (Å²) >= 11 is 6.45. The van der Waals surface area contributed by atoms with E-state index >= 15 is 0 Å². The minimum atomic E-state index is -1.13. The largest absolute Gasteiger partial charge is 0.494 e. The van der Waals surface area contributed by atoms with E-state index in [9.17, 15) is 4.79 Å². The number of rotatable bonds is 3. The number of carbonyl (C=O) groups is 1. The van der Waals surface area contributed by atoms with Crippen LogP contribution >= 0.6 is 11.6 Å². The van der Waals surface area contributed by atoms with Crippen LogP contribution in [0.3, 0.4) is 0 Å². The molecule has 2 aromatic rings. The highest BCUT2D eigenvalue weighted by Crippen LogP contribution is 2.42. The maximum atomic E-state index is 10.9. The first kappa shape index (κ1) is 13.9. The van der Waals surface area contributed by atoms with E-state index in [4.69, 9.17) is 26.0 Å². The number of aromatic nitrogens is 1. The summed E-state index contributed by atoms with van der Waals surface area (Å²) in [6, 6.07) is 3.34. The lowest BCUT2D eigenvalue weighted by Crippen LogP contribution is -2.05. The summed E-state index contributed by atoms with van der Waals surface area (Å²) in [7, 11) is 1.54. The van der Waals surface area contributed by atoms with Gasteiger partial charge in [0, 0.05) is 6.07 Å². The lowest BCUT2D eigenvalue weighted by molar-refractivity contribution is 0.0686. The predicted molar refractivity (Wildman–Crippen MR) is 77.1 cm³/mol. The third-order valence-corrected chi connectivity index (χ3v) is 4.14. The molecule has 5 nitrogen and oxygen atoms in total. The second-order valence-corrected chi connectivity index (χ2v) is 5.38. The van der Waals surface area contributed by atoms with Crippen molar-refractivity contribution in [3.8, 4) is 17.1 Å². The number of ether oxygens (including phenoxy) is 1. The van der Waals surface area contributed by atoms with Gasteiger partial charge in [0.15, 0.2) is 11.5 Å². The van der Waals surface area contributed by atoms with Gasteiger partial charge >= 0.3 is 5.97 Å². The summed E-state index contributed by atoms with van der Waals surface area (Å²) in [5, 5.41) is 13.1. The molecule has 3 rings (SSSR count). The van der Waals surface area contributed by atoms with Crippen LogP contribution in [0.5, 0.6) is 5.75 Å². The van der Waals surface area contributed by atoms with Gasteiger partial charge in [-0.3, -0.25) is 0 Å². The molecular weight excluding hydrogens is 294 g/mol. The normalized spacial score (nSPS) is 13.8. The Morgan fingerprint density at radius 2 is 2.14 bits per heavy atom. The molecule has 1 aliphatic rings. The van der Waals surface area contributed by atoms with Gasteiger partial charge in [-0.2, -0.15) is 0 Å². The predicted octanol–water partition coefficient (Wildman–Crippen LogP) is 3.58. The smallest absolute Gasteiger partial charge is 0.358 e. The van der Waals surface area contributed by atoms with Crippen molar-refractivity contribution in [2.45, 2.75) is 25.7 Å². The number of carboxylic acids is 1. The third-order valence-electron chi connectivity index (χ3n) is 3.74. The summed E-state index contributed by atoms with van der Waals surface area (Å²) in [6.07, 6.45) is 4.11. The molecule has 0 bridgehead atoms. The van der Waals surface area contributed by atoms with Gasteiger partial charge in [-0.1, -0.05) is 16.8 Å². The number of hydrogen-bond acceptors (Lipinski definition) is 4. The van der Waals surface area contributed by atoms with Crippen molar-refractivity contribution < 1.29 is 19.2 Å². The van der Waals surface area contributed by atoms with Crippen molar-refractivity contribution in [1.29, 1.82) is 0 Å². The van der Waals surface area contributed by atoms with E-state index in [2.05, 4.69) is 5.16 Å². The van der Waals surface area contributed by atoms with Crippen LogP contribution in [0.4, 0.5) is 0 Å². The molecule has 0 unspecified atom stereocenters. The van der Waals surface area contributed by atoms with E-state index in [1.807, 2.05) is 6.07 Å². The SMILES string of the molecule is COc1c(-c2cc(C(=O)O)no2)cc2c(c1Cl)CCCC2. The number of hydrogen-bond donors (Lipinski definition) is 1. The number of nitrogens with zero attached hydrogens (tertiary/aromatic N) is 1. The molecule has 110 valence electrons. The monoisotopic (exact) mass is 307 g/mol. The molecule has 0 radical (unpaired) electrons. The average molecular weight is 308 g/mol. The maximum absolute atomic E-state index is 10.9. The van der Waals surface area contributed by atoms with E-state index in [0.717, 1.165) is 36.8 Å². The Morgan fingerprint density at radius 1 is 1.38 bits per heavy atom. The van der Waals surface area contributed by atoms with E-state index < -0.39 is 5.97 Å². The van der Waals surface area contributed by atoms with Crippen molar-refractivity contribution in [2.75, 3.05) is 7.11 Å². The molecule has 0 saturated carbocycles. The van der Waals surface area contributed by atoms with Crippen LogP contribution in [0, 0.1) is 0 Å². The van der Waals surface area contributed by atoms with Gasteiger partial charge in [0.2, 0.25) is 0 Å². The highest BCUT2D eigenvalue weighted by atomic mass is 35.5. The molecule has 0 spiro atoms. The quantitative estimate of drug-likeness (QED) is 0.938. The molecule has 1 heterocycles. The Kier molecular flexibility index (Phi) is 3.59. The van der Waals surface area contributed by atoms with Gasteiger partial charge in [-0.25, -0.2) is 4.79 Å². The number of methoxy groups -OCH3 is 1. The third kappa shape index (κ3) is 2.38. The fraction of sp³-hybridized carbons (Fsp3) is 0.333. The molecule has 21 heavy (non-hydrogen) atoms. The summed E-state index contributed by atoms with van der Waals surface area (Å²) in [5.41, 5.74) is 2.78. The highest BCUT2D eigenvalue weighted by molar-refractivity contribution is 6.33. The first-order valence-electron chi connectivity index (χ1n) is 6.70. The Balaban J connectivity index is 2.16. The van der Waals surface area contributed by atoms with Gasteiger partial charge in [0.25, 0.3) is 0 Å². The molecule has 0 amide bonds. The highest BCUT2D eigenvalue weighted by Gasteiger charge is 2.23. The summed E-state index contributed by atoms with van der Waals surface area (Å²) in [5.74, 6) is -0.280. The fourth-order valence-electron chi connectivity index (χ4n) is 2.72. The van der Waals surface area contributed by atoms with Crippen molar-refractivity contribution in [3.63, 3.8) is 0 Å². The number of aromatic carboxylic acids is 1. The lowest BCUT2D eigenvalue weighted by Gasteiger charge is -2.20. The minimum absolute atomic E-state index is 0.138. The van der Waals surface area contributed by atoms with E-state index in [-0.39, 0.29) is 5.69 Å². The molecule has 0 fully saturated rings. The van der Waals surface area contributed by atoms with Gasteiger partial charge < -0.3 is 14.4 Å². The molecule has 0 atom stereocenters. The fourth-order valence-corrected chi connectivity index (χ4v) is 3.11. The van der Waals surface area contributed by atoms with Crippen LogP contribution < -0.4 is 4.74 Å². The molecule has 1 N–H and O–H groups in total. The van der Waals surface area contributed by atoms with Crippen molar-refractivity contribution in [3.05, 3.63) is 34.0 Å². The summed E-state index contributed by atoms with van der Waals surface area (Å²) in [4.78, 5) is 10.9. The molecule has 0 aliphatic heterocycles. The van der Waals surface area contributed by atoms with Crippen LogP contribution in [-0.4, -0.2) is 23.3 Å². The lowest BCUT2D eigenvalue weighted by atomic mass is 9.89. The van der Waals surface area contributed by atoms with Crippen LogP contribution in [-0.2, 0) is 12.8 Å². The van der Waals surface area contributed by atoms with Gasteiger partial charge in [-0.05, 0) is 42.9 Å². The number of carboxylic acid groups (broad SMARTS) is 1. The molecule has 0 saturated heterocycles. The van der Waals surface area contributed by atoms with Gasteiger partial charge in [-0.15, -0.1) is 0 Å². The Hall–Kier alpha value is -2.01. The van der Waals surface area contributed by atoms with E-state index in [1.54, 1.807) is 0 Å². The average Bonchev–Trinajstić information content (AvgIpc) is 2.97. The second kappa shape index (κ2) is 5.41. The van der Waals surface area contributed by atoms with Crippen LogP contribution in [0.25, 0.3) is 11.3 Å². The van der Waals surface area contributed by atoms with Crippen LogP contribution in [0.15, 0.2) is 16.7 Å². The zero-order valence-corrected chi connectivity index (χ0v) is 12.2. The first-order valence-corrected chi connectivity index (χ1v) is 7.08. The van der Waals surface area contributed by atoms with Gasteiger partial charge in [0.05, 0.1) is 17.7 Å². The summed E-state index contributed by atoms with van der Waals surface area (Å²) in [6.45, 7) is 0. The molecule has 1 aromatic heterocycles. The van der Waals surface area contributed by atoms with Crippen molar-refractivity contribution >= 4 is 17.6 Å². The van der Waals surface area contributed by atoms with Gasteiger partial charge in [0.1, 0.15) is 5.75 Å². The number of aryl methyl sites for hydroxylation is 1. The Bertz CT molecular complexity index is 708. The number of halogens is 1. The number of benzene rings is 1. The zero-order valence-electron chi connectivity index (χ0n) is 11.5. The minimum Gasteiger partial charge on any atom is -0.494 e. The molecule has 6 heteroatoms.